The number of pyridine rings is 1. The molecule has 1 atom stereocenters. The molecule has 4 rings (SSSR count). The lowest BCUT2D eigenvalue weighted by atomic mass is 10.1. The Balaban J connectivity index is 1.69. The Hall–Kier alpha value is -3.69. The maximum absolute atomic E-state index is 13.8. The first-order valence-electron chi connectivity index (χ1n) is 9.70. The van der Waals surface area contributed by atoms with E-state index in [1.165, 1.54) is 21.8 Å². The molecule has 1 aromatic heterocycles. The van der Waals surface area contributed by atoms with Gasteiger partial charge in [-0.2, -0.15) is 0 Å². The zero-order chi connectivity index (χ0) is 22.3. The van der Waals surface area contributed by atoms with Gasteiger partial charge in [0.15, 0.2) is 11.4 Å². The third-order valence-electron chi connectivity index (χ3n) is 5.42. The van der Waals surface area contributed by atoms with Crippen LogP contribution in [-0.2, 0) is 6.54 Å². The highest BCUT2D eigenvalue weighted by Gasteiger charge is 2.35. The van der Waals surface area contributed by atoms with Gasteiger partial charge in [-0.1, -0.05) is 18.2 Å². The van der Waals surface area contributed by atoms with Crippen molar-refractivity contribution in [3.8, 4) is 5.75 Å². The fraction of sp³-hybridized carbons (Fsp3) is 0.286. The lowest BCUT2D eigenvalue weighted by Crippen LogP contribution is -2.58. The van der Waals surface area contributed by atoms with Crippen LogP contribution >= 0.6 is 0 Å². The molecule has 0 fully saturated rings. The van der Waals surface area contributed by atoms with Crippen molar-refractivity contribution in [3.63, 3.8) is 0 Å². The molecule has 2 amide bonds. The second kappa shape index (κ2) is 7.86. The zero-order valence-corrected chi connectivity index (χ0v) is 16.6. The highest BCUT2D eigenvalue weighted by molar-refractivity contribution is 5.99. The number of hydrogen-bond donors (Lipinski definition) is 2. The Labute approximate surface area is 176 Å². The molecule has 0 saturated carbocycles. The van der Waals surface area contributed by atoms with Gasteiger partial charge in [-0.15, -0.1) is 0 Å². The highest BCUT2D eigenvalue weighted by atomic mass is 19.1. The second-order valence-corrected chi connectivity index (χ2v) is 7.50. The molecule has 162 valence electrons. The van der Waals surface area contributed by atoms with Gasteiger partial charge in [0.25, 0.3) is 11.8 Å². The number of nitrogens with zero attached hydrogens (tertiary/aromatic N) is 3. The van der Waals surface area contributed by atoms with Gasteiger partial charge >= 0.3 is 0 Å². The van der Waals surface area contributed by atoms with Crippen LogP contribution in [0.2, 0.25) is 0 Å². The second-order valence-electron chi connectivity index (χ2n) is 7.50. The quantitative estimate of drug-likeness (QED) is 0.719. The number of hydrogen-bond acceptors (Lipinski definition) is 5. The van der Waals surface area contributed by atoms with E-state index < -0.39 is 40.2 Å². The predicted molar refractivity (Wildman–Crippen MR) is 107 cm³/mol. The molecule has 0 radical (unpaired) electrons. The van der Waals surface area contributed by atoms with Gasteiger partial charge in [0.2, 0.25) is 5.43 Å². The van der Waals surface area contributed by atoms with Gasteiger partial charge in [-0.05, 0) is 19.4 Å². The van der Waals surface area contributed by atoms with E-state index >= 15 is 0 Å². The minimum Gasteiger partial charge on any atom is -0.502 e. The molecule has 2 aromatic rings. The number of aromatic nitrogens is 1. The van der Waals surface area contributed by atoms with E-state index in [1.807, 2.05) is 19.1 Å². The van der Waals surface area contributed by atoms with Crippen LogP contribution in [0.1, 0.15) is 39.8 Å². The summed E-state index contributed by atoms with van der Waals surface area (Å²) in [5.74, 6) is -3.78. The molecule has 0 aliphatic carbocycles. The van der Waals surface area contributed by atoms with Crippen molar-refractivity contribution in [1.82, 2.24) is 14.9 Å². The molecule has 0 saturated heterocycles. The summed E-state index contributed by atoms with van der Waals surface area (Å²) in [6.45, 7) is 2.19. The maximum atomic E-state index is 13.8. The van der Waals surface area contributed by atoms with Gasteiger partial charge in [-0.3, -0.25) is 24.1 Å². The van der Waals surface area contributed by atoms with E-state index in [0.29, 0.717) is 19.0 Å². The first-order chi connectivity index (χ1) is 14.8. The molecule has 2 N–H and O–H groups in total. The zero-order valence-electron chi connectivity index (χ0n) is 16.6. The summed E-state index contributed by atoms with van der Waals surface area (Å²) in [6.07, 6.45) is 5.67. The number of rotatable bonds is 3. The van der Waals surface area contributed by atoms with Gasteiger partial charge in [0, 0.05) is 37.0 Å². The summed E-state index contributed by atoms with van der Waals surface area (Å²) < 4.78 is 28.2. The Morgan fingerprint density at radius 2 is 2.03 bits per heavy atom. The topological polar surface area (TPSA) is 94.9 Å². The van der Waals surface area contributed by atoms with E-state index in [2.05, 4.69) is 5.32 Å². The van der Waals surface area contributed by atoms with Crippen molar-refractivity contribution < 1.29 is 23.5 Å². The van der Waals surface area contributed by atoms with Crippen molar-refractivity contribution in [2.24, 2.45) is 0 Å². The summed E-state index contributed by atoms with van der Waals surface area (Å²) in [6, 6.07) is 2.84. The van der Waals surface area contributed by atoms with E-state index in [9.17, 15) is 28.3 Å². The number of carbonyl (C=O) groups is 2. The van der Waals surface area contributed by atoms with Gasteiger partial charge in [0.05, 0.1) is 0 Å². The average Bonchev–Trinajstić information content (AvgIpc) is 2.72. The van der Waals surface area contributed by atoms with Gasteiger partial charge in [0.1, 0.15) is 23.9 Å². The normalized spacial score (nSPS) is 18.8. The fourth-order valence-electron chi connectivity index (χ4n) is 3.65. The van der Waals surface area contributed by atoms with Gasteiger partial charge in [-0.25, -0.2) is 8.78 Å². The minimum atomic E-state index is -1.00. The van der Waals surface area contributed by atoms with Crippen LogP contribution < -0.4 is 15.8 Å². The number of nitrogens with one attached hydrogen (secondary N) is 1. The first-order valence-corrected chi connectivity index (χ1v) is 9.70. The summed E-state index contributed by atoms with van der Waals surface area (Å²) in [5, 5.41) is 14.7. The Bertz CT molecular complexity index is 1160. The fourth-order valence-corrected chi connectivity index (χ4v) is 3.65. The standard InChI is InChI=1S/C21H20F2N4O4/c1-12-4-2-3-7-25-11-27(12)26-10-15(18(28)19(29)17(26)21(25)31)20(30)24-9-13-5-6-14(22)8-16(13)23/h2-3,5-6,8,10,12,29H,4,7,9,11H2,1H3,(H,24,30)/b3-2-/t12-/m1/s1. The number of carbonyl (C=O) groups excluding carboxylic acids is 2. The monoisotopic (exact) mass is 430 g/mol. The van der Waals surface area contributed by atoms with Crippen molar-refractivity contribution >= 4 is 11.8 Å². The summed E-state index contributed by atoms with van der Waals surface area (Å²) >= 11 is 0. The molecule has 2 aliphatic heterocycles. The van der Waals surface area contributed by atoms with Crippen LogP contribution in [0.4, 0.5) is 8.78 Å². The lowest BCUT2D eigenvalue weighted by molar-refractivity contribution is 0.0694. The van der Waals surface area contributed by atoms with Crippen molar-refractivity contribution in [1.29, 1.82) is 0 Å². The smallest absolute Gasteiger partial charge is 0.278 e. The number of aromatic hydroxyl groups is 1. The molecule has 2 bridgehead atoms. The van der Waals surface area contributed by atoms with E-state index in [1.54, 1.807) is 5.01 Å². The van der Waals surface area contributed by atoms with Crippen molar-refractivity contribution in [3.05, 3.63) is 75.2 Å². The Kier molecular flexibility index (Phi) is 5.22. The third-order valence-corrected chi connectivity index (χ3v) is 5.42. The van der Waals surface area contributed by atoms with Crippen LogP contribution in [-0.4, -0.2) is 45.8 Å². The van der Waals surface area contributed by atoms with E-state index in [-0.39, 0.29) is 30.5 Å². The largest absolute Gasteiger partial charge is 0.502 e. The van der Waals surface area contributed by atoms with Gasteiger partial charge < -0.3 is 15.3 Å². The number of benzene rings is 1. The average molecular weight is 430 g/mol. The maximum Gasteiger partial charge on any atom is 0.278 e. The number of halogens is 2. The van der Waals surface area contributed by atoms with Crippen molar-refractivity contribution in [2.75, 3.05) is 18.2 Å². The third kappa shape index (κ3) is 3.65. The SMILES string of the molecule is C[C@@H]1C/C=C\CN2CN1n1cc(C(=O)NCc3ccc(F)cc3F)c(=O)c(O)c1C2=O. The van der Waals surface area contributed by atoms with Crippen LogP contribution in [0.25, 0.3) is 0 Å². The molecule has 31 heavy (non-hydrogen) atoms. The van der Waals surface area contributed by atoms with Crippen LogP contribution in [0.5, 0.6) is 5.75 Å². The summed E-state index contributed by atoms with van der Waals surface area (Å²) in [7, 11) is 0. The molecule has 2 aliphatic rings. The first kappa shape index (κ1) is 20.6. The molecule has 0 unspecified atom stereocenters. The molecular weight excluding hydrogens is 410 g/mol. The van der Waals surface area contributed by atoms with E-state index in [0.717, 1.165) is 6.07 Å². The Morgan fingerprint density at radius 3 is 2.77 bits per heavy atom. The minimum absolute atomic E-state index is 0.0343. The summed E-state index contributed by atoms with van der Waals surface area (Å²) in [4.78, 5) is 39.6. The predicted octanol–water partition coefficient (Wildman–Crippen LogP) is 1.46. The molecule has 10 heteroatoms. The van der Waals surface area contributed by atoms with Crippen LogP contribution in [0, 0.1) is 11.6 Å². The van der Waals surface area contributed by atoms with Crippen molar-refractivity contribution in [2.45, 2.75) is 25.9 Å². The molecular formula is C21H20F2N4O4. The Morgan fingerprint density at radius 1 is 1.26 bits per heavy atom. The van der Waals surface area contributed by atoms with E-state index in [4.69, 9.17) is 0 Å². The van der Waals surface area contributed by atoms with Crippen LogP contribution in [0.15, 0.2) is 41.3 Å². The number of amides is 2. The number of fused-ring (bicyclic) bond motifs is 4. The lowest BCUT2D eigenvalue weighted by Gasteiger charge is -2.43. The molecule has 3 heterocycles. The van der Waals surface area contributed by atoms with Crippen LogP contribution in [0.3, 0.4) is 0 Å². The highest BCUT2D eigenvalue weighted by Crippen LogP contribution is 2.24. The molecule has 8 nitrogen and oxygen atoms in total. The molecule has 1 aromatic carbocycles. The summed E-state index contributed by atoms with van der Waals surface area (Å²) in [5.41, 5.74) is -1.57. The molecule has 0 spiro atoms.